The van der Waals surface area contributed by atoms with E-state index in [4.69, 9.17) is 0 Å². The average Bonchev–Trinajstić information content (AvgIpc) is 2.88. The average molecular weight is 331 g/mol. The van der Waals surface area contributed by atoms with Crippen LogP contribution in [0.5, 0.6) is 0 Å². The number of benzene rings is 1. The fourth-order valence-electron chi connectivity index (χ4n) is 2.48. The van der Waals surface area contributed by atoms with Gasteiger partial charge in [-0.1, -0.05) is 13.8 Å². The molecule has 4 N–H and O–H groups in total. The highest BCUT2D eigenvalue weighted by atomic mass is 16.4. The number of amides is 1. The minimum atomic E-state index is -0.918. The molecule has 0 aliphatic carbocycles. The van der Waals surface area contributed by atoms with Gasteiger partial charge in [0.25, 0.3) is 5.91 Å². The van der Waals surface area contributed by atoms with Gasteiger partial charge in [-0.2, -0.15) is 0 Å². The predicted octanol–water partition coefficient (Wildman–Crippen LogP) is 1.69. The molecule has 1 atom stereocenters. The Kier molecular flexibility index (Phi) is 5.35. The molecule has 2 rings (SSSR count). The van der Waals surface area contributed by atoms with Gasteiger partial charge in [0.05, 0.1) is 0 Å². The fraction of sp³-hybridized carbons (Fsp3) is 0.353. The number of carbonyl (C=O) groups is 3. The van der Waals surface area contributed by atoms with Gasteiger partial charge in [0.2, 0.25) is 5.78 Å². The normalized spacial score (nSPS) is 12.3. The second-order valence-corrected chi connectivity index (χ2v) is 6.00. The molecule has 7 heteroatoms. The third-order valence-corrected chi connectivity index (χ3v) is 3.60. The van der Waals surface area contributed by atoms with E-state index in [1.54, 1.807) is 24.4 Å². The van der Waals surface area contributed by atoms with Crippen LogP contribution in [0.2, 0.25) is 0 Å². The number of carbonyl (C=O) groups excluding carboxylic acids is 2. The van der Waals surface area contributed by atoms with E-state index in [9.17, 15) is 19.5 Å². The number of hydrogen-bond donors (Lipinski definition) is 4. The molecule has 0 spiro atoms. The first-order valence-electron chi connectivity index (χ1n) is 7.68. The number of anilines is 1. The molecule has 1 heterocycles. The molecule has 128 valence electrons. The maximum atomic E-state index is 11.5. The number of nitrogens with one attached hydrogen (secondary N) is 3. The van der Waals surface area contributed by atoms with Crippen LogP contribution in [0.15, 0.2) is 24.4 Å². The number of aromatic amines is 1. The van der Waals surface area contributed by atoms with Crippen LogP contribution in [0.3, 0.4) is 0 Å². The molecule has 1 amide bonds. The molecule has 0 saturated carbocycles. The number of fused-ring (bicyclic) bond motifs is 1. The summed E-state index contributed by atoms with van der Waals surface area (Å²) in [6, 6.07) is 4.53. The van der Waals surface area contributed by atoms with Gasteiger partial charge in [-0.05, 0) is 23.8 Å². The van der Waals surface area contributed by atoms with Crippen molar-refractivity contribution in [2.75, 3.05) is 5.32 Å². The van der Waals surface area contributed by atoms with Crippen molar-refractivity contribution in [1.82, 2.24) is 10.3 Å². The summed E-state index contributed by atoms with van der Waals surface area (Å²) in [5.74, 6) is -2.17. The Morgan fingerprint density at radius 3 is 2.54 bits per heavy atom. The van der Waals surface area contributed by atoms with Crippen LogP contribution in [-0.2, 0) is 20.8 Å². The summed E-state index contributed by atoms with van der Waals surface area (Å²) < 4.78 is 0. The zero-order chi connectivity index (χ0) is 17.9. The van der Waals surface area contributed by atoms with Crippen LogP contribution >= 0.6 is 0 Å². The van der Waals surface area contributed by atoms with Crippen LogP contribution in [0.25, 0.3) is 10.9 Å². The predicted molar refractivity (Wildman–Crippen MR) is 91.0 cm³/mol. The van der Waals surface area contributed by atoms with E-state index >= 15 is 0 Å². The first kappa shape index (κ1) is 17.7. The van der Waals surface area contributed by atoms with E-state index in [2.05, 4.69) is 15.6 Å². The second-order valence-electron chi connectivity index (χ2n) is 6.00. The molecule has 0 aliphatic rings. The Balaban J connectivity index is 2.28. The van der Waals surface area contributed by atoms with Crippen molar-refractivity contribution in [2.45, 2.75) is 39.3 Å². The molecule has 7 nitrogen and oxygen atoms in total. The SMILES string of the molecule is CC(=O)C(=O)Nc1ccc2[nH]cc(C[C@H](NC(C)C)C(=O)O)c2c1. The molecule has 1 aromatic carbocycles. The monoisotopic (exact) mass is 331 g/mol. The summed E-state index contributed by atoms with van der Waals surface area (Å²) in [5.41, 5.74) is 2.15. The Morgan fingerprint density at radius 1 is 1.25 bits per heavy atom. The van der Waals surface area contributed by atoms with E-state index in [0.717, 1.165) is 16.5 Å². The number of H-pyrrole nitrogens is 1. The van der Waals surface area contributed by atoms with Gasteiger partial charge >= 0.3 is 5.97 Å². The number of ketones is 1. The highest BCUT2D eigenvalue weighted by Crippen LogP contribution is 2.23. The number of aromatic nitrogens is 1. The number of rotatable bonds is 7. The zero-order valence-electron chi connectivity index (χ0n) is 13.8. The molecule has 0 fully saturated rings. The van der Waals surface area contributed by atoms with E-state index in [1.165, 1.54) is 6.92 Å². The standard InChI is InChI=1S/C17H21N3O4/c1-9(2)19-15(17(23)24)6-11-8-18-14-5-4-12(7-13(11)14)20-16(22)10(3)21/h4-5,7-9,15,18-19H,6H2,1-3H3,(H,20,22)(H,23,24)/t15-/m0/s1. The smallest absolute Gasteiger partial charge is 0.321 e. The van der Waals surface area contributed by atoms with E-state index in [1.807, 2.05) is 13.8 Å². The van der Waals surface area contributed by atoms with Crippen LogP contribution in [0.1, 0.15) is 26.3 Å². The lowest BCUT2D eigenvalue weighted by Gasteiger charge is -2.17. The Morgan fingerprint density at radius 2 is 1.96 bits per heavy atom. The molecule has 0 aliphatic heterocycles. The summed E-state index contributed by atoms with van der Waals surface area (Å²) in [7, 11) is 0. The van der Waals surface area contributed by atoms with Gasteiger partial charge < -0.3 is 20.7 Å². The molecule has 0 bridgehead atoms. The van der Waals surface area contributed by atoms with Crippen molar-refractivity contribution in [3.8, 4) is 0 Å². The minimum Gasteiger partial charge on any atom is -0.480 e. The van der Waals surface area contributed by atoms with Crippen molar-refractivity contribution in [1.29, 1.82) is 0 Å². The van der Waals surface area contributed by atoms with Crippen molar-refractivity contribution >= 4 is 34.3 Å². The molecule has 0 saturated heterocycles. The van der Waals surface area contributed by atoms with E-state index in [-0.39, 0.29) is 6.04 Å². The van der Waals surface area contributed by atoms with E-state index in [0.29, 0.717) is 12.1 Å². The lowest BCUT2D eigenvalue weighted by atomic mass is 10.0. The largest absolute Gasteiger partial charge is 0.480 e. The van der Waals surface area contributed by atoms with Crippen molar-refractivity contribution in [3.63, 3.8) is 0 Å². The molecular formula is C17H21N3O4. The van der Waals surface area contributed by atoms with E-state index < -0.39 is 23.7 Å². The molecule has 2 aromatic rings. The third kappa shape index (κ3) is 4.20. The lowest BCUT2D eigenvalue weighted by molar-refractivity contribution is -0.139. The van der Waals surface area contributed by atoms with Crippen LogP contribution in [0, 0.1) is 0 Å². The first-order valence-corrected chi connectivity index (χ1v) is 7.68. The summed E-state index contributed by atoms with van der Waals surface area (Å²) >= 11 is 0. The zero-order valence-corrected chi connectivity index (χ0v) is 13.8. The summed E-state index contributed by atoms with van der Waals surface area (Å²) in [5, 5.41) is 15.7. The van der Waals surface area contributed by atoms with Gasteiger partial charge in [0.15, 0.2) is 0 Å². The maximum Gasteiger partial charge on any atom is 0.321 e. The fourth-order valence-corrected chi connectivity index (χ4v) is 2.48. The van der Waals surface area contributed by atoms with Gasteiger partial charge in [-0.3, -0.25) is 14.4 Å². The van der Waals surface area contributed by atoms with Gasteiger partial charge in [-0.15, -0.1) is 0 Å². The molecular weight excluding hydrogens is 310 g/mol. The highest BCUT2D eigenvalue weighted by Gasteiger charge is 2.20. The van der Waals surface area contributed by atoms with Crippen LogP contribution in [-0.4, -0.2) is 39.8 Å². The minimum absolute atomic E-state index is 0.0433. The molecule has 0 radical (unpaired) electrons. The molecule has 1 aromatic heterocycles. The Labute approximate surface area is 139 Å². The van der Waals surface area contributed by atoms with Gasteiger partial charge in [-0.25, -0.2) is 0 Å². The van der Waals surface area contributed by atoms with Gasteiger partial charge in [0, 0.05) is 42.2 Å². The molecule has 0 unspecified atom stereocenters. The summed E-state index contributed by atoms with van der Waals surface area (Å²) in [4.78, 5) is 37.1. The highest BCUT2D eigenvalue weighted by molar-refractivity contribution is 6.39. The van der Waals surface area contributed by atoms with Crippen LogP contribution in [0.4, 0.5) is 5.69 Å². The topological polar surface area (TPSA) is 111 Å². The quantitative estimate of drug-likeness (QED) is 0.577. The van der Waals surface area contributed by atoms with Crippen LogP contribution < -0.4 is 10.6 Å². The lowest BCUT2D eigenvalue weighted by Crippen LogP contribution is -2.42. The third-order valence-electron chi connectivity index (χ3n) is 3.60. The van der Waals surface area contributed by atoms with Gasteiger partial charge in [0.1, 0.15) is 6.04 Å². The number of carboxylic acids is 1. The summed E-state index contributed by atoms with van der Waals surface area (Å²) in [6.45, 7) is 4.98. The second kappa shape index (κ2) is 7.27. The summed E-state index contributed by atoms with van der Waals surface area (Å²) in [6.07, 6.45) is 2.07. The first-order chi connectivity index (χ1) is 11.3. The number of Topliss-reactive ketones (excluding diaryl/α,β-unsaturated/α-hetero) is 1. The Hall–Kier alpha value is -2.67. The van der Waals surface area contributed by atoms with Crippen molar-refractivity contribution in [2.24, 2.45) is 0 Å². The molecule has 24 heavy (non-hydrogen) atoms. The number of carboxylic acid groups (broad SMARTS) is 1. The van der Waals surface area contributed by atoms with Crippen molar-refractivity contribution in [3.05, 3.63) is 30.0 Å². The number of aliphatic carboxylic acids is 1. The van der Waals surface area contributed by atoms with Crippen molar-refractivity contribution < 1.29 is 19.5 Å². The Bertz CT molecular complexity index is 779. The number of hydrogen-bond acceptors (Lipinski definition) is 4. The maximum absolute atomic E-state index is 11.5.